The molecule has 0 aliphatic carbocycles. The van der Waals surface area contributed by atoms with Crippen molar-refractivity contribution in [2.45, 2.75) is 19.9 Å². The largest absolute Gasteiger partial charge is 0.469 e. The summed E-state index contributed by atoms with van der Waals surface area (Å²) in [6, 6.07) is 4.01. The molecule has 0 saturated carbocycles. The number of methoxy groups -OCH3 is 1. The van der Waals surface area contributed by atoms with Crippen molar-refractivity contribution in [2.75, 3.05) is 26.7 Å². The number of thiophene rings is 1. The Hall–Kier alpha value is -1.40. The fraction of sp³-hybridized carbons (Fsp3) is 0.600. The Bertz CT molecular complexity index is 489. The van der Waals surface area contributed by atoms with Gasteiger partial charge in [0.25, 0.3) is 0 Å². The molecule has 0 bridgehead atoms. The van der Waals surface area contributed by atoms with Crippen LogP contribution in [0.3, 0.4) is 0 Å². The maximum Gasteiger partial charge on any atom is 0.310 e. The van der Waals surface area contributed by atoms with Crippen molar-refractivity contribution in [3.63, 3.8) is 0 Å². The van der Waals surface area contributed by atoms with Crippen LogP contribution in [0.25, 0.3) is 0 Å². The number of hydrogen-bond donors (Lipinski definition) is 1. The van der Waals surface area contributed by atoms with E-state index in [-0.39, 0.29) is 29.8 Å². The minimum atomic E-state index is -0.183. The van der Waals surface area contributed by atoms with Gasteiger partial charge in [0, 0.05) is 18.0 Å². The molecule has 1 aromatic rings. The lowest BCUT2D eigenvalue weighted by molar-refractivity contribution is -0.146. The van der Waals surface area contributed by atoms with Gasteiger partial charge in [-0.25, -0.2) is 0 Å². The van der Waals surface area contributed by atoms with E-state index in [0.29, 0.717) is 13.1 Å². The zero-order valence-corrected chi connectivity index (χ0v) is 13.5. The number of ether oxygens (including phenoxy) is 1. The fourth-order valence-electron chi connectivity index (χ4n) is 2.75. The average molecular weight is 310 g/mol. The highest BCUT2D eigenvalue weighted by atomic mass is 32.1. The number of nitrogens with one attached hydrogen (secondary N) is 1. The number of carbonyl (C=O) groups is 2. The van der Waals surface area contributed by atoms with Gasteiger partial charge in [-0.1, -0.05) is 13.0 Å². The van der Waals surface area contributed by atoms with Crippen molar-refractivity contribution in [3.05, 3.63) is 22.4 Å². The molecule has 21 heavy (non-hydrogen) atoms. The Kier molecular flexibility index (Phi) is 5.36. The van der Waals surface area contributed by atoms with Gasteiger partial charge in [-0.15, -0.1) is 11.3 Å². The summed E-state index contributed by atoms with van der Waals surface area (Å²) in [6.45, 7) is 5.67. The van der Waals surface area contributed by atoms with Gasteiger partial charge in [0.05, 0.1) is 25.6 Å². The van der Waals surface area contributed by atoms with Gasteiger partial charge in [0.15, 0.2) is 0 Å². The first-order chi connectivity index (χ1) is 10.0. The minimum absolute atomic E-state index is 0.00591. The first-order valence-electron chi connectivity index (χ1n) is 7.14. The van der Waals surface area contributed by atoms with Gasteiger partial charge < -0.3 is 10.1 Å². The first kappa shape index (κ1) is 16.0. The monoisotopic (exact) mass is 310 g/mol. The normalized spacial score (nSPS) is 23.8. The van der Waals surface area contributed by atoms with Crippen molar-refractivity contribution in [1.29, 1.82) is 0 Å². The molecule has 3 unspecified atom stereocenters. The molecule has 116 valence electrons. The van der Waals surface area contributed by atoms with Crippen molar-refractivity contribution in [2.24, 2.45) is 11.8 Å². The van der Waals surface area contributed by atoms with Crippen molar-refractivity contribution >= 4 is 23.2 Å². The highest BCUT2D eigenvalue weighted by molar-refractivity contribution is 7.10. The van der Waals surface area contributed by atoms with E-state index in [1.807, 2.05) is 36.3 Å². The van der Waals surface area contributed by atoms with Gasteiger partial charge in [0.2, 0.25) is 5.91 Å². The lowest BCUT2D eigenvalue weighted by Gasteiger charge is -2.17. The van der Waals surface area contributed by atoms with Crippen molar-refractivity contribution in [3.8, 4) is 0 Å². The highest BCUT2D eigenvalue weighted by Crippen LogP contribution is 2.24. The highest BCUT2D eigenvalue weighted by Gasteiger charge is 2.36. The Labute approximate surface area is 129 Å². The van der Waals surface area contributed by atoms with Crippen LogP contribution in [0, 0.1) is 11.8 Å². The molecule has 2 rings (SSSR count). The van der Waals surface area contributed by atoms with Crippen LogP contribution in [-0.2, 0) is 14.3 Å². The van der Waals surface area contributed by atoms with E-state index >= 15 is 0 Å². The van der Waals surface area contributed by atoms with Gasteiger partial charge >= 0.3 is 5.97 Å². The molecule has 1 aromatic heterocycles. The number of esters is 1. The van der Waals surface area contributed by atoms with Crippen LogP contribution < -0.4 is 5.32 Å². The first-order valence-corrected chi connectivity index (χ1v) is 8.02. The van der Waals surface area contributed by atoms with E-state index in [4.69, 9.17) is 4.74 Å². The summed E-state index contributed by atoms with van der Waals surface area (Å²) in [6.07, 6.45) is 0. The summed E-state index contributed by atoms with van der Waals surface area (Å²) < 4.78 is 4.81. The van der Waals surface area contributed by atoms with E-state index in [1.165, 1.54) is 7.11 Å². The zero-order chi connectivity index (χ0) is 15.4. The summed E-state index contributed by atoms with van der Waals surface area (Å²) in [5.41, 5.74) is 0. The van der Waals surface area contributed by atoms with Crippen LogP contribution in [0.15, 0.2) is 17.5 Å². The zero-order valence-electron chi connectivity index (χ0n) is 12.7. The van der Waals surface area contributed by atoms with E-state index < -0.39 is 0 Å². The van der Waals surface area contributed by atoms with E-state index in [9.17, 15) is 9.59 Å². The molecule has 3 atom stereocenters. The predicted octanol–water partition coefficient (Wildman–Crippen LogP) is 1.67. The second-order valence-electron chi connectivity index (χ2n) is 5.61. The van der Waals surface area contributed by atoms with Crippen molar-refractivity contribution in [1.82, 2.24) is 10.2 Å². The third-order valence-electron chi connectivity index (χ3n) is 3.91. The Morgan fingerprint density at radius 1 is 1.52 bits per heavy atom. The SMILES string of the molecule is COC(=O)C1CN(CC(=O)NC(C)c2cccs2)CC1C. The number of likely N-dealkylation sites (tertiary alicyclic amines) is 1. The number of carbonyl (C=O) groups excluding carboxylic acids is 2. The topological polar surface area (TPSA) is 58.6 Å². The molecule has 0 aromatic carbocycles. The van der Waals surface area contributed by atoms with Gasteiger partial charge in [-0.05, 0) is 24.3 Å². The third-order valence-corrected chi connectivity index (χ3v) is 4.96. The van der Waals surface area contributed by atoms with Crippen molar-refractivity contribution < 1.29 is 14.3 Å². The molecule has 1 amide bonds. The Balaban J connectivity index is 1.82. The molecule has 1 aliphatic heterocycles. The minimum Gasteiger partial charge on any atom is -0.469 e. The molecule has 1 fully saturated rings. The van der Waals surface area contributed by atoms with Crippen LogP contribution in [0.1, 0.15) is 24.8 Å². The molecule has 1 aliphatic rings. The van der Waals surface area contributed by atoms with Crippen LogP contribution >= 0.6 is 11.3 Å². The molecule has 2 heterocycles. The molecule has 1 saturated heterocycles. The Morgan fingerprint density at radius 3 is 2.90 bits per heavy atom. The summed E-state index contributed by atoms with van der Waals surface area (Å²) in [4.78, 5) is 26.9. The molecule has 5 nitrogen and oxygen atoms in total. The van der Waals surface area contributed by atoms with Crippen LogP contribution in [0.5, 0.6) is 0 Å². The summed E-state index contributed by atoms with van der Waals surface area (Å²) >= 11 is 1.63. The average Bonchev–Trinajstić information content (AvgIpc) is 3.07. The van der Waals surface area contributed by atoms with E-state index in [2.05, 4.69) is 5.32 Å². The van der Waals surface area contributed by atoms with Gasteiger partial charge in [-0.3, -0.25) is 14.5 Å². The van der Waals surface area contributed by atoms with Crippen LogP contribution in [0.4, 0.5) is 0 Å². The smallest absolute Gasteiger partial charge is 0.310 e. The predicted molar refractivity (Wildman–Crippen MR) is 82.0 cm³/mol. The van der Waals surface area contributed by atoms with Gasteiger partial charge in [0.1, 0.15) is 0 Å². The lowest BCUT2D eigenvalue weighted by Crippen LogP contribution is -2.37. The van der Waals surface area contributed by atoms with E-state index in [0.717, 1.165) is 11.4 Å². The maximum absolute atomic E-state index is 12.1. The van der Waals surface area contributed by atoms with E-state index in [1.54, 1.807) is 11.3 Å². The molecule has 1 N–H and O–H groups in total. The summed E-state index contributed by atoms with van der Waals surface area (Å²) in [5.74, 6) is -0.0940. The third kappa shape index (κ3) is 4.04. The number of nitrogens with zero attached hydrogens (tertiary/aromatic N) is 1. The molecular weight excluding hydrogens is 288 g/mol. The number of rotatable bonds is 5. The second-order valence-corrected chi connectivity index (χ2v) is 6.58. The van der Waals surface area contributed by atoms with Crippen LogP contribution in [0.2, 0.25) is 0 Å². The van der Waals surface area contributed by atoms with Crippen LogP contribution in [-0.4, -0.2) is 43.5 Å². The second kappa shape index (κ2) is 7.04. The lowest BCUT2D eigenvalue weighted by atomic mass is 9.99. The summed E-state index contributed by atoms with van der Waals surface area (Å²) in [5, 5.41) is 5.00. The molecule has 6 heteroatoms. The summed E-state index contributed by atoms with van der Waals surface area (Å²) in [7, 11) is 1.41. The van der Waals surface area contributed by atoms with Gasteiger partial charge in [-0.2, -0.15) is 0 Å². The Morgan fingerprint density at radius 2 is 2.29 bits per heavy atom. The molecule has 0 radical (unpaired) electrons. The molecule has 0 spiro atoms. The number of amides is 1. The maximum atomic E-state index is 12.1. The molecular formula is C15H22N2O3S. The number of hydrogen-bond acceptors (Lipinski definition) is 5. The standard InChI is InChI=1S/C15H22N2O3S/c1-10-7-17(8-12(10)15(19)20-3)9-14(18)16-11(2)13-5-4-6-21-13/h4-6,10-12H,7-9H2,1-3H3,(H,16,18). The quantitative estimate of drug-likeness (QED) is 0.841. The fourth-order valence-corrected chi connectivity index (χ4v) is 3.49.